The van der Waals surface area contributed by atoms with E-state index < -0.39 is 11.7 Å². The number of aromatic nitrogens is 1. The molecule has 3 N–H and O–H groups in total. The second-order valence-electron chi connectivity index (χ2n) is 8.74. The molecule has 0 radical (unpaired) electrons. The van der Waals surface area contributed by atoms with Crippen LogP contribution in [0.4, 0.5) is 16.3 Å². The van der Waals surface area contributed by atoms with Crippen molar-refractivity contribution in [1.29, 1.82) is 5.26 Å². The summed E-state index contributed by atoms with van der Waals surface area (Å²) in [5.41, 5.74) is 0.217. The average molecular weight is 444 g/mol. The Morgan fingerprint density at radius 2 is 2.10 bits per heavy atom. The van der Waals surface area contributed by atoms with Crippen LogP contribution >= 0.6 is 11.6 Å². The number of alkyl carbamates (subject to hydrolysis) is 1. The van der Waals surface area contributed by atoms with Crippen molar-refractivity contribution >= 4 is 45.9 Å². The molecule has 0 aliphatic heterocycles. The van der Waals surface area contributed by atoms with Crippen LogP contribution in [0.15, 0.2) is 24.4 Å². The summed E-state index contributed by atoms with van der Waals surface area (Å²) in [7, 11) is 0. The van der Waals surface area contributed by atoms with Gasteiger partial charge in [0.15, 0.2) is 0 Å². The van der Waals surface area contributed by atoms with Crippen LogP contribution in [0.2, 0.25) is 5.02 Å². The molecule has 8 nitrogen and oxygen atoms in total. The van der Waals surface area contributed by atoms with E-state index in [1.54, 1.807) is 18.3 Å². The Balaban J connectivity index is 1.65. The quantitative estimate of drug-likeness (QED) is 0.612. The second-order valence-corrected chi connectivity index (χ2v) is 9.15. The molecular weight excluding hydrogens is 418 g/mol. The minimum atomic E-state index is -0.553. The normalized spacial score (nSPS) is 18.6. The Kier molecular flexibility index (Phi) is 6.56. The van der Waals surface area contributed by atoms with Crippen molar-refractivity contribution in [1.82, 2.24) is 10.3 Å². The molecule has 2 amide bonds. The summed E-state index contributed by atoms with van der Waals surface area (Å²) in [5, 5.41) is 19.8. The number of nitrogens with one attached hydrogen (secondary N) is 3. The molecule has 1 aliphatic rings. The van der Waals surface area contributed by atoms with Crippen LogP contribution in [0, 0.1) is 23.2 Å². The van der Waals surface area contributed by atoms with Crippen LogP contribution in [0.25, 0.3) is 10.8 Å². The first kappa shape index (κ1) is 22.6. The van der Waals surface area contributed by atoms with Gasteiger partial charge in [-0.25, -0.2) is 9.78 Å². The predicted molar refractivity (Wildman–Crippen MR) is 120 cm³/mol. The fourth-order valence-electron chi connectivity index (χ4n) is 3.10. The Labute approximate surface area is 186 Å². The molecule has 3 atom stereocenters. The van der Waals surface area contributed by atoms with E-state index in [9.17, 15) is 9.59 Å². The molecule has 2 aromatic rings. The van der Waals surface area contributed by atoms with Crippen LogP contribution in [-0.2, 0) is 9.53 Å². The lowest BCUT2D eigenvalue weighted by molar-refractivity contribution is -0.117. The molecule has 0 bridgehead atoms. The van der Waals surface area contributed by atoms with E-state index in [4.69, 9.17) is 21.6 Å². The number of carbonyl (C=O) groups is 2. The fourth-order valence-corrected chi connectivity index (χ4v) is 3.37. The highest BCUT2D eigenvalue weighted by Crippen LogP contribution is 2.38. The summed E-state index contributed by atoms with van der Waals surface area (Å²) in [6.45, 7) is 7.72. The number of amides is 2. The van der Waals surface area contributed by atoms with Gasteiger partial charge in [0.1, 0.15) is 11.4 Å². The Hall–Kier alpha value is -3.05. The molecular formula is C22H26ClN5O3. The van der Waals surface area contributed by atoms with Gasteiger partial charge in [-0.05, 0) is 57.7 Å². The number of fused-ring (bicyclic) bond motifs is 1. The molecule has 31 heavy (non-hydrogen) atoms. The van der Waals surface area contributed by atoms with Gasteiger partial charge in [0, 0.05) is 29.9 Å². The zero-order valence-corrected chi connectivity index (χ0v) is 18.7. The number of nitriles is 1. The highest BCUT2D eigenvalue weighted by molar-refractivity contribution is 6.35. The predicted octanol–water partition coefficient (Wildman–Crippen LogP) is 4.31. The van der Waals surface area contributed by atoms with Gasteiger partial charge in [0.05, 0.1) is 22.9 Å². The van der Waals surface area contributed by atoms with Gasteiger partial charge in [-0.1, -0.05) is 11.6 Å². The maximum absolute atomic E-state index is 12.2. The third-order valence-electron chi connectivity index (χ3n) is 4.70. The number of halogens is 1. The van der Waals surface area contributed by atoms with Crippen LogP contribution in [0.5, 0.6) is 0 Å². The molecule has 1 aliphatic carbocycles. The summed E-state index contributed by atoms with van der Waals surface area (Å²) < 4.78 is 5.24. The van der Waals surface area contributed by atoms with E-state index in [1.165, 1.54) is 0 Å². The molecule has 0 saturated heterocycles. The molecule has 9 heteroatoms. The van der Waals surface area contributed by atoms with Crippen LogP contribution < -0.4 is 16.0 Å². The summed E-state index contributed by atoms with van der Waals surface area (Å²) in [4.78, 5) is 28.3. The van der Waals surface area contributed by atoms with E-state index in [2.05, 4.69) is 27.0 Å². The minimum Gasteiger partial charge on any atom is -0.444 e. The van der Waals surface area contributed by atoms with Crippen molar-refractivity contribution in [2.45, 2.75) is 45.8 Å². The van der Waals surface area contributed by atoms with Crippen molar-refractivity contribution in [2.75, 3.05) is 17.2 Å². The molecule has 0 spiro atoms. The van der Waals surface area contributed by atoms with Crippen molar-refractivity contribution in [3.8, 4) is 6.07 Å². The van der Waals surface area contributed by atoms with Gasteiger partial charge in [0.2, 0.25) is 5.91 Å². The maximum Gasteiger partial charge on any atom is 0.407 e. The van der Waals surface area contributed by atoms with E-state index in [-0.39, 0.29) is 23.8 Å². The zero-order valence-electron chi connectivity index (χ0n) is 18.0. The number of nitrogens with zero attached hydrogens (tertiary/aromatic N) is 2. The summed E-state index contributed by atoms with van der Waals surface area (Å²) in [5.74, 6) is -0.256. The van der Waals surface area contributed by atoms with Gasteiger partial charge >= 0.3 is 6.09 Å². The highest BCUT2D eigenvalue weighted by atomic mass is 35.5. The first-order valence-corrected chi connectivity index (χ1v) is 10.5. The zero-order chi connectivity index (χ0) is 22.8. The lowest BCUT2D eigenvalue weighted by atomic mass is 10.1. The Morgan fingerprint density at radius 3 is 2.74 bits per heavy atom. The number of benzene rings is 1. The van der Waals surface area contributed by atoms with Crippen molar-refractivity contribution in [3.63, 3.8) is 0 Å². The smallest absolute Gasteiger partial charge is 0.407 e. The largest absolute Gasteiger partial charge is 0.444 e. The number of carbonyl (C=O) groups excluding carboxylic acids is 2. The lowest BCUT2D eigenvalue weighted by Crippen LogP contribution is -2.38. The maximum atomic E-state index is 12.2. The third kappa shape index (κ3) is 6.22. The second kappa shape index (κ2) is 8.98. The van der Waals surface area contributed by atoms with Gasteiger partial charge in [0.25, 0.3) is 0 Å². The average Bonchev–Trinajstić information content (AvgIpc) is 3.45. The SMILES string of the molecule is CC(CNC(=O)OC(C)(C)C)Nc1cc(Cl)c2cnc(NC(=O)C3CC3C#N)cc2c1. The molecule has 1 saturated carbocycles. The van der Waals surface area contributed by atoms with Gasteiger partial charge in [-0.3, -0.25) is 4.79 Å². The van der Waals surface area contributed by atoms with E-state index >= 15 is 0 Å². The van der Waals surface area contributed by atoms with Crippen molar-refractivity contribution in [2.24, 2.45) is 11.8 Å². The Bertz CT molecular complexity index is 1040. The minimum absolute atomic E-state index is 0.0835. The standard InChI is InChI=1S/C22H26ClN5O3/c1-12(10-26-21(30)31-22(2,3)4)27-15-5-13-7-19(25-11-17(13)18(23)8-15)28-20(29)16-6-14(16)9-24/h5,7-8,11-12,14,16,27H,6,10H2,1-4H3,(H,26,30)(H,25,28,29). The summed E-state index contributed by atoms with van der Waals surface area (Å²) in [6, 6.07) is 7.46. The number of ether oxygens (including phenoxy) is 1. The summed E-state index contributed by atoms with van der Waals surface area (Å²) in [6.07, 6.45) is 1.73. The van der Waals surface area contributed by atoms with Crippen LogP contribution in [-0.4, -0.2) is 35.2 Å². The Morgan fingerprint density at radius 1 is 1.35 bits per heavy atom. The fraction of sp³-hybridized carbons (Fsp3) is 0.455. The van der Waals surface area contributed by atoms with Gasteiger partial charge in [-0.15, -0.1) is 0 Å². The van der Waals surface area contributed by atoms with Crippen LogP contribution in [0.1, 0.15) is 34.1 Å². The number of pyridine rings is 1. The third-order valence-corrected chi connectivity index (χ3v) is 5.01. The number of anilines is 2. The lowest BCUT2D eigenvalue weighted by Gasteiger charge is -2.21. The molecule has 164 valence electrons. The number of rotatable bonds is 6. The van der Waals surface area contributed by atoms with Gasteiger partial charge < -0.3 is 20.7 Å². The van der Waals surface area contributed by atoms with E-state index in [0.717, 1.165) is 16.5 Å². The van der Waals surface area contributed by atoms with E-state index in [0.29, 0.717) is 23.8 Å². The highest BCUT2D eigenvalue weighted by Gasteiger charge is 2.43. The van der Waals surface area contributed by atoms with E-state index in [1.807, 2.05) is 33.8 Å². The molecule has 1 fully saturated rings. The first-order valence-electron chi connectivity index (χ1n) is 10.1. The van der Waals surface area contributed by atoms with Crippen LogP contribution in [0.3, 0.4) is 0 Å². The monoisotopic (exact) mass is 443 g/mol. The molecule has 1 aromatic carbocycles. The van der Waals surface area contributed by atoms with Crippen molar-refractivity contribution < 1.29 is 14.3 Å². The topological polar surface area (TPSA) is 116 Å². The number of hydrogen-bond acceptors (Lipinski definition) is 6. The summed E-state index contributed by atoms with van der Waals surface area (Å²) >= 11 is 6.41. The molecule has 3 rings (SSSR count). The van der Waals surface area contributed by atoms with Gasteiger partial charge in [-0.2, -0.15) is 5.26 Å². The number of hydrogen-bond donors (Lipinski definition) is 3. The molecule has 1 aromatic heterocycles. The molecule has 1 heterocycles. The van der Waals surface area contributed by atoms with Crippen molar-refractivity contribution in [3.05, 3.63) is 29.4 Å². The first-order chi connectivity index (χ1) is 14.6. The molecule has 3 unspecified atom stereocenters.